The van der Waals surface area contributed by atoms with E-state index < -0.39 is 0 Å². The molecule has 2 aromatic carbocycles. The predicted molar refractivity (Wildman–Crippen MR) is 97.9 cm³/mol. The largest absolute Gasteiger partial charge is 0.399 e. The number of likely N-dealkylation sites (tertiary alicyclic amines) is 1. The second-order valence-corrected chi connectivity index (χ2v) is 6.46. The summed E-state index contributed by atoms with van der Waals surface area (Å²) in [6.07, 6.45) is 2.17. The van der Waals surface area contributed by atoms with Gasteiger partial charge in [-0.15, -0.1) is 0 Å². The van der Waals surface area contributed by atoms with Gasteiger partial charge in [-0.25, -0.2) is 0 Å². The Kier molecular flexibility index (Phi) is 5.62. The number of anilines is 1. The van der Waals surface area contributed by atoms with Gasteiger partial charge in [-0.3, -0.25) is 9.69 Å². The standard InChI is InChI=1S/C20H25N3O/c21-18-8-6-17(7-9-18)20(24)14-22-19-10-12-23(13-11-19)15-16-4-2-1-3-5-16/h1-9,19,22H,10-15,21H2. The molecule has 4 heteroatoms. The number of hydrogen-bond acceptors (Lipinski definition) is 4. The van der Waals surface area contributed by atoms with Crippen LogP contribution in [0.2, 0.25) is 0 Å². The summed E-state index contributed by atoms with van der Waals surface area (Å²) in [4.78, 5) is 14.7. The fourth-order valence-corrected chi connectivity index (χ4v) is 3.14. The van der Waals surface area contributed by atoms with Crippen LogP contribution in [0, 0.1) is 0 Å². The number of piperidine rings is 1. The first kappa shape index (κ1) is 16.7. The molecule has 0 aliphatic carbocycles. The van der Waals surface area contributed by atoms with E-state index in [9.17, 15) is 4.79 Å². The van der Waals surface area contributed by atoms with Crippen molar-refractivity contribution in [2.24, 2.45) is 0 Å². The molecule has 1 fully saturated rings. The van der Waals surface area contributed by atoms with E-state index in [1.807, 2.05) is 0 Å². The molecule has 1 aliphatic rings. The molecule has 24 heavy (non-hydrogen) atoms. The van der Waals surface area contributed by atoms with Crippen LogP contribution in [0.5, 0.6) is 0 Å². The Morgan fingerprint density at radius 3 is 2.38 bits per heavy atom. The second kappa shape index (κ2) is 8.08. The van der Waals surface area contributed by atoms with Crippen molar-refractivity contribution in [1.29, 1.82) is 0 Å². The van der Waals surface area contributed by atoms with Crippen LogP contribution in [0.15, 0.2) is 54.6 Å². The van der Waals surface area contributed by atoms with Crippen molar-refractivity contribution in [3.05, 3.63) is 65.7 Å². The van der Waals surface area contributed by atoms with E-state index in [2.05, 4.69) is 40.5 Å². The first-order valence-corrected chi connectivity index (χ1v) is 8.59. The van der Waals surface area contributed by atoms with Crippen molar-refractivity contribution in [3.63, 3.8) is 0 Å². The SMILES string of the molecule is Nc1ccc(C(=O)CNC2CCN(Cc3ccccc3)CC2)cc1. The molecule has 0 amide bonds. The number of nitrogen functional groups attached to an aromatic ring is 1. The Labute approximate surface area is 143 Å². The highest BCUT2D eigenvalue weighted by Gasteiger charge is 2.19. The number of carbonyl (C=O) groups is 1. The molecule has 0 unspecified atom stereocenters. The molecule has 3 N–H and O–H groups in total. The number of nitrogens with zero attached hydrogens (tertiary/aromatic N) is 1. The summed E-state index contributed by atoms with van der Waals surface area (Å²) in [5.74, 6) is 0.127. The fourth-order valence-electron chi connectivity index (χ4n) is 3.14. The third-order valence-corrected chi connectivity index (χ3v) is 4.62. The Hall–Kier alpha value is -2.17. The topological polar surface area (TPSA) is 58.4 Å². The predicted octanol–water partition coefficient (Wildman–Crippen LogP) is 2.71. The first-order valence-electron chi connectivity index (χ1n) is 8.59. The molecule has 0 radical (unpaired) electrons. The lowest BCUT2D eigenvalue weighted by Crippen LogP contribution is -2.43. The molecule has 1 aliphatic heterocycles. The molecular formula is C20H25N3O. The Balaban J connectivity index is 1.41. The highest BCUT2D eigenvalue weighted by molar-refractivity contribution is 5.97. The number of benzene rings is 2. The average molecular weight is 323 g/mol. The highest BCUT2D eigenvalue weighted by Crippen LogP contribution is 2.14. The molecule has 0 aromatic heterocycles. The number of Topliss-reactive ketones (excluding diaryl/α,β-unsaturated/α-hetero) is 1. The first-order chi connectivity index (χ1) is 11.7. The number of rotatable bonds is 6. The Morgan fingerprint density at radius 1 is 1.04 bits per heavy atom. The molecule has 4 nitrogen and oxygen atoms in total. The monoisotopic (exact) mass is 323 g/mol. The van der Waals surface area contributed by atoms with Gasteiger partial charge in [0.2, 0.25) is 0 Å². The van der Waals surface area contributed by atoms with Gasteiger partial charge < -0.3 is 11.1 Å². The summed E-state index contributed by atoms with van der Waals surface area (Å²) in [6.45, 7) is 3.55. The van der Waals surface area contributed by atoms with Crippen molar-refractivity contribution < 1.29 is 4.79 Å². The van der Waals surface area contributed by atoms with Crippen LogP contribution in [0.4, 0.5) is 5.69 Å². The van der Waals surface area contributed by atoms with Crippen molar-refractivity contribution in [2.45, 2.75) is 25.4 Å². The number of hydrogen-bond donors (Lipinski definition) is 2. The molecule has 0 atom stereocenters. The van der Waals surface area contributed by atoms with Gasteiger partial charge in [-0.1, -0.05) is 30.3 Å². The minimum Gasteiger partial charge on any atom is -0.399 e. The molecule has 2 aromatic rings. The summed E-state index contributed by atoms with van der Waals surface area (Å²) in [5.41, 5.74) is 8.42. The van der Waals surface area contributed by atoms with E-state index in [-0.39, 0.29) is 5.78 Å². The van der Waals surface area contributed by atoms with Crippen molar-refractivity contribution in [3.8, 4) is 0 Å². The van der Waals surface area contributed by atoms with E-state index in [1.165, 1.54) is 5.56 Å². The quantitative estimate of drug-likeness (QED) is 0.634. The zero-order valence-electron chi connectivity index (χ0n) is 13.9. The van der Waals surface area contributed by atoms with Crippen LogP contribution in [0.1, 0.15) is 28.8 Å². The smallest absolute Gasteiger partial charge is 0.176 e. The van der Waals surface area contributed by atoms with E-state index in [0.29, 0.717) is 18.3 Å². The number of carbonyl (C=O) groups excluding carboxylic acids is 1. The van der Waals surface area contributed by atoms with Gasteiger partial charge in [-0.2, -0.15) is 0 Å². The highest BCUT2D eigenvalue weighted by atomic mass is 16.1. The molecule has 3 rings (SSSR count). The van der Waals surface area contributed by atoms with Gasteiger partial charge in [0.05, 0.1) is 6.54 Å². The zero-order chi connectivity index (χ0) is 16.8. The third-order valence-electron chi connectivity index (χ3n) is 4.62. The normalized spacial score (nSPS) is 16.2. The minimum absolute atomic E-state index is 0.127. The molecule has 0 spiro atoms. The van der Waals surface area contributed by atoms with Crippen LogP contribution >= 0.6 is 0 Å². The van der Waals surface area contributed by atoms with Gasteiger partial charge in [-0.05, 0) is 55.8 Å². The van der Waals surface area contributed by atoms with Crippen LogP contribution < -0.4 is 11.1 Å². The van der Waals surface area contributed by atoms with Crippen LogP contribution in [0.3, 0.4) is 0 Å². The summed E-state index contributed by atoms with van der Waals surface area (Å²) < 4.78 is 0. The molecular weight excluding hydrogens is 298 g/mol. The lowest BCUT2D eigenvalue weighted by Gasteiger charge is -2.32. The van der Waals surface area contributed by atoms with Crippen molar-refractivity contribution in [2.75, 3.05) is 25.4 Å². The van der Waals surface area contributed by atoms with Gasteiger partial charge in [0.1, 0.15) is 0 Å². The molecule has 126 valence electrons. The molecule has 0 saturated carbocycles. The van der Waals surface area contributed by atoms with E-state index in [0.717, 1.165) is 38.0 Å². The summed E-state index contributed by atoms with van der Waals surface area (Å²) in [6, 6.07) is 18.1. The van der Waals surface area contributed by atoms with Gasteiger partial charge in [0.25, 0.3) is 0 Å². The minimum atomic E-state index is 0.127. The fraction of sp³-hybridized carbons (Fsp3) is 0.350. The van der Waals surface area contributed by atoms with E-state index in [4.69, 9.17) is 5.73 Å². The molecule has 1 heterocycles. The van der Waals surface area contributed by atoms with Crippen LogP contribution in [0.25, 0.3) is 0 Å². The number of nitrogens with one attached hydrogen (secondary N) is 1. The number of ketones is 1. The Bertz CT molecular complexity index is 646. The zero-order valence-corrected chi connectivity index (χ0v) is 13.9. The van der Waals surface area contributed by atoms with E-state index in [1.54, 1.807) is 24.3 Å². The molecule has 0 bridgehead atoms. The summed E-state index contributed by atoms with van der Waals surface area (Å²) >= 11 is 0. The second-order valence-electron chi connectivity index (χ2n) is 6.46. The maximum atomic E-state index is 12.2. The van der Waals surface area contributed by atoms with Gasteiger partial charge in [0, 0.05) is 23.8 Å². The average Bonchev–Trinajstić information content (AvgIpc) is 2.62. The third kappa shape index (κ3) is 4.66. The van der Waals surface area contributed by atoms with Crippen molar-refractivity contribution in [1.82, 2.24) is 10.2 Å². The lowest BCUT2D eigenvalue weighted by atomic mass is 10.0. The van der Waals surface area contributed by atoms with Crippen molar-refractivity contribution >= 4 is 11.5 Å². The van der Waals surface area contributed by atoms with Crippen LogP contribution in [-0.4, -0.2) is 36.4 Å². The number of nitrogens with two attached hydrogens (primary N) is 1. The van der Waals surface area contributed by atoms with Gasteiger partial charge >= 0.3 is 0 Å². The Morgan fingerprint density at radius 2 is 1.71 bits per heavy atom. The van der Waals surface area contributed by atoms with Gasteiger partial charge in [0.15, 0.2) is 5.78 Å². The summed E-state index contributed by atoms with van der Waals surface area (Å²) in [5, 5.41) is 3.41. The molecule has 1 saturated heterocycles. The van der Waals surface area contributed by atoms with E-state index >= 15 is 0 Å². The van der Waals surface area contributed by atoms with Crippen LogP contribution in [-0.2, 0) is 6.54 Å². The summed E-state index contributed by atoms with van der Waals surface area (Å²) in [7, 11) is 0. The maximum absolute atomic E-state index is 12.2. The maximum Gasteiger partial charge on any atom is 0.176 e. The lowest BCUT2D eigenvalue weighted by molar-refractivity contribution is 0.0979.